The van der Waals surface area contributed by atoms with Crippen LogP contribution in [0.2, 0.25) is 0 Å². The van der Waals surface area contributed by atoms with Gasteiger partial charge in [-0.3, -0.25) is 4.79 Å². The molecule has 1 aliphatic heterocycles. The Morgan fingerprint density at radius 1 is 1.00 bits per heavy atom. The van der Waals surface area contributed by atoms with Gasteiger partial charge in [0.1, 0.15) is 0 Å². The average molecular weight is 441 g/mol. The van der Waals surface area contributed by atoms with Crippen molar-refractivity contribution < 1.29 is 29.2 Å². The molecule has 2 fully saturated rings. The number of hydrogen-bond acceptors (Lipinski definition) is 6. The molecule has 2 aliphatic rings. The maximum Gasteiger partial charge on any atom is 0.305 e. The fraction of sp³-hybridized carbons (Fsp3) is 0.880. The van der Waals surface area contributed by atoms with Gasteiger partial charge in [-0.2, -0.15) is 0 Å². The first-order valence-corrected chi connectivity index (χ1v) is 12.4. The Morgan fingerprint density at radius 2 is 1.71 bits per heavy atom. The van der Waals surface area contributed by atoms with Gasteiger partial charge in [0, 0.05) is 19.3 Å². The smallest absolute Gasteiger partial charge is 0.305 e. The quantitative estimate of drug-likeness (QED) is 0.221. The van der Waals surface area contributed by atoms with E-state index in [1.54, 1.807) is 0 Å². The Labute approximate surface area is 188 Å². The number of esters is 1. The number of unbranched alkanes of at least 4 members (excludes halogenated alkanes) is 5. The Kier molecular flexibility index (Phi) is 12.1. The van der Waals surface area contributed by atoms with Crippen LogP contribution in [0.1, 0.15) is 90.4 Å². The molecule has 1 heterocycles. The number of hydrogen-bond donors (Lipinski definition) is 2. The second kappa shape index (κ2) is 14.2. The molecular formula is C25H44O6. The summed E-state index contributed by atoms with van der Waals surface area (Å²) in [5.41, 5.74) is 0. The van der Waals surface area contributed by atoms with E-state index in [2.05, 4.69) is 23.8 Å². The largest absolute Gasteiger partial charge is 0.469 e. The third-order valence-electron chi connectivity index (χ3n) is 6.91. The third-order valence-corrected chi connectivity index (χ3v) is 6.91. The minimum absolute atomic E-state index is 0.0508. The molecule has 0 aromatic heterocycles. The van der Waals surface area contributed by atoms with Crippen LogP contribution < -0.4 is 0 Å². The number of carbonyl (C=O) groups excluding carboxylic acids is 1. The molecule has 2 N–H and O–H groups in total. The number of aliphatic hydroxyl groups excluding tert-OH is 2. The van der Waals surface area contributed by atoms with Crippen molar-refractivity contribution in [2.75, 3.05) is 20.3 Å². The summed E-state index contributed by atoms with van der Waals surface area (Å²) in [6, 6.07) is 0. The molecule has 2 rings (SSSR count). The van der Waals surface area contributed by atoms with Crippen molar-refractivity contribution in [1.82, 2.24) is 0 Å². The van der Waals surface area contributed by atoms with Crippen LogP contribution in [0.4, 0.5) is 0 Å². The van der Waals surface area contributed by atoms with Gasteiger partial charge < -0.3 is 24.4 Å². The molecule has 4 atom stereocenters. The number of rotatable bonds is 15. The molecule has 0 amide bonds. The van der Waals surface area contributed by atoms with E-state index >= 15 is 0 Å². The van der Waals surface area contributed by atoms with Crippen molar-refractivity contribution in [1.29, 1.82) is 0 Å². The zero-order chi connectivity index (χ0) is 22.5. The monoisotopic (exact) mass is 440 g/mol. The summed E-state index contributed by atoms with van der Waals surface area (Å²) in [5.74, 6) is -0.582. The predicted octanol–water partition coefficient (Wildman–Crippen LogP) is 4.52. The first-order chi connectivity index (χ1) is 15.0. The van der Waals surface area contributed by atoms with Gasteiger partial charge in [-0.1, -0.05) is 44.8 Å². The molecule has 180 valence electrons. The Bertz CT molecular complexity index is 528. The molecule has 1 unspecified atom stereocenters. The standard InChI is InChI=1S/C25H44O6/c1-3-4-5-8-11-15-25(30-17-18-31-25)16-14-21-20(22(26)19-23(21)27)12-9-6-7-10-13-24(28)29-2/h6,9,20-23,26-27H,3-5,7-8,10-19H2,1-2H3/t20-,21-,22?,23-/m1/s1. The number of allylic oxidation sites excluding steroid dienone is 2. The highest BCUT2D eigenvalue weighted by Crippen LogP contribution is 2.41. The first kappa shape index (κ1) is 26.3. The molecule has 6 heteroatoms. The normalized spacial score (nSPS) is 27.9. The van der Waals surface area contributed by atoms with Crippen molar-refractivity contribution >= 4 is 5.97 Å². The van der Waals surface area contributed by atoms with E-state index in [9.17, 15) is 15.0 Å². The van der Waals surface area contributed by atoms with Crippen molar-refractivity contribution in [2.45, 2.75) is 108 Å². The second-order valence-corrected chi connectivity index (χ2v) is 9.18. The summed E-state index contributed by atoms with van der Waals surface area (Å²) < 4.78 is 16.7. The van der Waals surface area contributed by atoms with Gasteiger partial charge in [0.2, 0.25) is 0 Å². The Balaban J connectivity index is 1.80. The second-order valence-electron chi connectivity index (χ2n) is 9.18. The average Bonchev–Trinajstić information content (AvgIpc) is 3.33. The predicted molar refractivity (Wildman–Crippen MR) is 120 cm³/mol. The lowest BCUT2D eigenvalue weighted by Crippen LogP contribution is -2.33. The summed E-state index contributed by atoms with van der Waals surface area (Å²) in [5, 5.41) is 21.1. The van der Waals surface area contributed by atoms with Crippen LogP contribution in [0.25, 0.3) is 0 Å². The zero-order valence-electron chi connectivity index (χ0n) is 19.6. The Hall–Kier alpha value is -0.950. The molecule has 31 heavy (non-hydrogen) atoms. The van der Waals surface area contributed by atoms with Crippen molar-refractivity contribution in [3.63, 3.8) is 0 Å². The van der Waals surface area contributed by atoms with E-state index in [4.69, 9.17) is 9.47 Å². The SMILES string of the molecule is CCCCCCCC1(CC[C@H]2[C@H](O)CC(O)[C@@H]2CC=CCCCC(=O)OC)OCCO1. The lowest BCUT2D eigenvalue weighted by molar-refractivity contribution is -0.171. The minimum atomic E-state index is -0.506. The summed E-state index contributed by atoms with van der Waals surface area (Å²) >= 11 is 0. The highest BCUT2D eigenvalue weighted by molar-refractivity contribution is 5.69. The van der Waals surface area contributed by atoms with Crippen molar-refractivity contribution in [2.24, 2.45) is 11.8 Å². The van der Waals surface area contributed by atoms with E-state index < -0.39 is 18.0 Å². The van der Waals surface area contributed by atoms with Crippen LogP contribution in [0.3, 0.4) is 0 Å². The van der Waals surface area contributed by atoms with Crippen LogP contribution >= 0.6 is 0 Å². The van der Waals surface area contributed by atoms with Crippen LogP contribution in [0.15, 0.2) is 12.2 Å². The van der Waals surface area contributed by atoms with E-state index in [-0.39, 0.29) is 17.8 Å². The van der Waals surface area contributed by atoms with Gasteiger partial charge in [-0.05, 0) is 50.4 Å². The number of ether oxygens (including phenoxy) is 3. The van der Waals surface area contributed by atoms with Gasteiger partial charge in [-0.25, -0.2) is 0 Å². The van der Waals surface area contributed by atoms with Crippen LogP contribution in [-0.2, 0) is 19.0 Å². The van der Waals surface area contributed by atoms with E-state index in [1.807, 2.05) is 0 Å². The Morgan fingerprint density at radius 3 is 2.42 bits per heavy atom. The van der Waals surface area contributed by atoms with Crippen LogP contribution in [-0.4, -0.2) is 54.5 Å². The molecule has 1 aliphatic carbocycles. The van der Waals surface area contributed by atoms with Gasteiger partial charge in [0.15, 0.2) is 5.79 Å². The van der Waals surface area contributed by atoms with E-state index in [0.717, 1.165) is 44.9 Å². The van der Waals surface area contributed by atoms with Crippen LogP contribution in [0, 0.1) is 11.8 Å². The fourth-order valence-corrected chi connectivity index (χ4v) is 5.04. The van der Waals surface area contributed by atoms with Crippen molar-refractivity contribution in [3.8, 4) is 0 Å². The lowest BCUT2D eigenvalue weighted by atomic mass is 9.85. The zero-order valence-corrected chi connectivity index (χ0v) is 19.6. The molecule has 6 nitrogen and oxygen atoms in total. The van der Waals surface area contributed by atoms with Gasteiger partial charge in [0.05, 0.1) is 32.5 Å². The number of carbonyl (C=O) groups is 1. The fourth-order valence-electron chi connectivity index (χ4n) is 5.04. The van der Waals surface area contributed by atoms with E-state index in [0.29, 0.717) is 26.1 Å². The van der Waals surface area contributed by atoms with Crippen molar-refractivity contribution in [3.05, 3.63) is 12.2 Å². The maximum absolute atomic E-state index is 11.2. The highest BCUT2D eigenvalue weighted by atomic mass is 16.7. The molecule has 0 aromatic rings. The minimum Gasteiger partial charge on any atom is -0.469 e. The molecule has 1 saturated carbocycles. The molecule has 0 aromatic carbocycles. The van der Waals surface area contributed by atoms with Gasteiger partial charge in [-0.15, -0.1) is 0 Å². The molecule has 0 bridgehead atoms. The molecule has 0 radical (unpaired) electrons. The third kappa shape index (κ3) is 8.83. The van der Waals surface area contributed by atoms with Crippen LogP contribution in [0.5, 0.6) is 0 Å². The molecular weight excluding hydrogens is 396 g/mol. The van der Waals surface area contributed by atoms with E-state index in [1.165, 1.54) is 32.8 Å². The summed E-state index contributed by atoms with van der Waals surface area (Å²) in [4.78, 5) is 11.2. The highest BCUT2D eigenvalue weighted by Gasteiger charge is 2.43. The molecule has 0 spiro atoms. The summed E-state index contributed by atoms with van der Waals surface area (Å²) in [7, 11) is 1.41. The summed E-state index contributed by atoms with van der Waals surface area (Å²) in [6.45, 7) is 3.51. The summed E-state index contributed by atoms with van der Waals surface area (Å²) in [6.07, 6.45) is 14.9. The lowest BCUT2D eigenvalue weighted by Gasteiger charge is -2.31. The number of methoxy groups -OCH3 is 1. The molecule has 1 saturated heterocycles. The maximum atomic E-state index is 11.2. The van der Waals surface area contributed by atoms with Gasteiger partial charge in [0.25, 0.3) is 0 Å². The topological polar surface area (TPSA) is 85.2 Å². The first-order valence-electron chi connectivity index (χ1n) is 12.4. The number of aliphatic hydroxyl groups is 2. The van der Waals surface area contributed by atoms with Gasteiger partial charge >= 0.3 is 5.97 Å².